The van der Waals surface area contributed by atoms with Crippen LogP contribution in [-0.4, -0.2) is 11.1 Å². The van der Waals surface area contributed by atoms with E-state index in [1.165, 1.54) is 0 Å². The lowest BCUT2D eigenvalue weighted by Crippen LogP contribution is -2.07. The molecule has 0 saturated carbocycles. The van der Waals surface area contributed by atoms with Crippen LogP contribution >= 0.6 is 11.6 Å². The molecule has 0 bridgehead atoms. The Morgan fingerprint density at radius 2 is 1.90 bits per heavy atom. The van der Waals surface area contributed by atoms with Gasteiger partial charge in [-0.1, -0.05) is 41.9 Å². The highest BCUT2D eigenvalue weighted by atomic mass is 35.5. The van der Waals surface area contributed by atoms with Crippen molar-refractivity contribution in [2.45, 2.75) is 26.3 Å². The molecule has 0 heterocycles. The third-order valence-corrected chi connectivity index (χ3v) is 3.77. The molecule has 3 nitrogen and oxygen atoms in total. The number of halogens is 1. The minimum absolute atomic E-state index is 0.487. The predicted octanol–water partition coefficient (Wildman–Crippen LogP) is 4.45. The van der Waals surface area contributed by atoms with Gasteiger partial charge in [0.1, 0.15) is 0 Å². The summed E-state index contributed by atoms with van der Waals surface area (Å²) in [5.74, 6) is -1.30. The molecule has 1 unspecified atom stereocenters. The average Bonchev–Trinajstić information content (AvgIpc) is 2.46. The summed E-state index contributed by atoms with van der Waals surface area (Å²) in [6.07, 6.45) is 0. The fourth-order valence-corrected chi connectivity index (χ4v) is 2.33. The van der Waals surface area contributed by atoms with E-state index in [2.05, 4.69) is 5.32 Å². The molecule has 2 N–H and O–H groups in total. The van der Waals surface area contributed by atoms with Gasteiger partial charge in [0, 0.05) is 6.54 Å². The van der Waals surface area contributed by atoms with Gasteiger partial charge in [0.25, 0.3) is 0 Å². The number of carboxylic acid groups (broad SMARTS) is 1. The first-order valence-electron chi connectivity index (χ1n) is 6.79. The molecule has 0 aliphatic heterocycles. The van der Waals surface area contributed by atoms with Gasteiger partial charge in [0.2, 0.25) is 0 Å². The van der Waals surface area contributed by atoms with Gasteiger partial charge >= 0.3 is 5.97 Å². The molecule has 2 rings (SSSR count). The first-order valence-corrected chi connectivity index (χ1v) is 7.17. The molecule has 0 aliphatic rings. The van der Waals surface area contributed by atoms with E-state index < -0.39 is 11.9 Å². The Labute approximate surface area is 129 Å². The second-order valence-corrected chi connectivity index (χ2v) is 5.55. The molecule has 2 aromatic rings. The smallest absolute Gasteiger partial charge is 0.310 e. The van der Waals surface area contributed by atoms with Gasteiger partial charge in [-0.15, -0.1) is 0 Å². The number of aryl methyl sites for hydroxylation is 1. The molecule has 110 valence electrons. The van der Waals surface area contributed by atoms with Crippen LogP contribution in [0, 0.1) is 6.92 Å². The summed E-state index contributed by atoms with van der Waals surface area (Å²) in [5, 5.41) is 13.0. The highest BCUT2D eigenvalue weighted by Crippen LogP contribution is 2.23. The second kappa shape index (κ2) is 6.64. The van der Waals surface area contributed by atoms with Gasteiger partial charge in [0.15, 0.2) is 0 Å². The fourth-order valence-electron chi connectivity index (χ4n) is 2.03. The third-order valence-electron chi connectivity index (χ3n) is 3.46. The van der Waals surface area contributed by atoms with Crippen LogP contribution in [-0.2, 0) is 11.3 Å². The topological polar surface area (TPSA) is 49.3 Å². The van der Waals surface area contributed by atoms with Crippen molar-refractivity contribution in [3.63, 3.8) is 0 Å². The molecule has 0 aliphatic carbocycles. The van der Waals surface area contributed by atoms with Crippen molar-refractivity contribution >= 4 is 23.3 Å². The minimum Gasteiger partial charge on any atom is -0.481 e. The number of anilines is 1. The van der Waals surface area contributed by atoms with E-state index in [1.807, 2.05) is 49.4 Å². The van der Waals surface area contributed by atoms with Gasteiger partial charge in [-0.3, -0.25) is 4.79 Å². The predicted molar refractivity (Wildman–Crippen MR) is 86.0 cm³/mol. The largest absolute Gasteiger partial charge is 0.481 e. The molecule has 2 aromatic carbocycles. The Balaban J connectivity index is 2.02. The lowest BCUT2D eigenvalue weighted by atomic mass is 10.00. The zero-order valence-corrected chi connectivity index (χ0v) is 12.8. The molecule has 21 heavy (non-hydrogen) atoms. The van der Waals surface area contributed by atoms with E-state index in [-0.39, 0.29) is 0 Å². The quantitative estimate of drug-likeness (QED) is 0.858. The van der Waals surface area contributed by atoms with E-state index in [9.17, 15) is 4.79 Å². The van der Waals surface area contributed by atoms with Gasteiger partial charge in [-0.2, -0.15) is 0 Å². The lowest BCUT2D eigenvalue weighted by molar-refractivity contribution is -0.138. The minimum atomic E-state index is -0.813. The number of hydrogen-bond donors (Lipinski definition) is 2. The molecular formula is C17H18ClNO2. The molecule has 0 amide bonds. The number of rotatable bonds is 5. The average molecular weight is 304 g/mol. The van der Waals surface area contributed by atoms with Crippen LogP contribution in [0.4, 0.5) is 5.69 Å². The first kappa shape index (κ1) is 15.4. The summed E-state index contributed by atoms with van der Waals surface area (Å²) in [6.45, 7) is 4.32. The molecule has 0 saturated heterocycles. The lowest BCUT2D eigenvalue weighted by Gasteiger charge is -2.11. The highest BCUT2D eigenvalue weighted by molar-refractivity contribution is 6.33. The van der Waals surface area contributed by atoms with Crippen molar-refractivity contribution in [2.75, 3.05) is 5.32 Å². The van der Waals surface area contributed by atoms with Crippen molar-refractivity contribution in [2.24, 2.45) is 0 Å². The summed E-state index contributed by atoms with van der Waals surface area (Å²) >= 11 is 6.17. The van der Waals surface area contributed by atoms with Crippen molar-refractivity contribution < 1.29 is 9.90 Å². The van der Waals surface area contributed by atoms with Crippen molar-refractivity contribution in [3.8, 4) is 0 Å². The van der Waals surface area contributed by atoms with Crippen LogP contribution in [0.3, 0.4) is 0 Å². The number of carbonyl (C=O) groups is 1. The normalized spacial score (nSPS) is 12.0. The standard InChI is InChI=1S/C17H18ClNO2/c1-11-3-8-16(15(18)9-11)19-10-13-4-6-14(7-5-13)12(2)17(20)21/h3-9,12,19H,10H2,1-2H3,(H,20,21). The maximum atomic E-state index is 10.9. The van der Waals surface area contributed by atoms with Gasteiger partial charge < -0.3 is 10.4 Å². The number of benzene rings is 2. The fraction of sp³-hybridized carbons (Fsp3) is 0.235. The van der Waals surface area contributed by atoms with Gasteiger partial charge in [-0.25, -0.2) is 0 Å². The summed E-state index contributed by atoms with van der Waals surface area (Å²) in [4.78, 5) is 10.9. The van der Waals surface area contributed by atoms with Crippen LogP contribution < -0.4 is 5.32 Å². The number of aliphatic carboxylic acids is 1. The number of nitrogens with one attached hydrogen (secondary N) is 1. The Morgan fingerprint density at radius 3 is 2.48 bits per heavy atom. The molecular weight excluding hydrogens is 286 g/mol. The number of hydrogen-bond acceptors (Lipinski definition) is 2. The van der Waals surface area contributed by atoms with Crippen LogP contribution in [0.2, 0.25) is 5.02 Å². The Bertz CT molecular complexity index is 638. The Hall–Kier alpha value is -2.00. The Morgan fingerprint density at radius 1 is 1.24 bits per heavy atom. The summed E-state index contributed by atoms with van der Waals surface area (Å²) in [5.41, 5.74) is 3.90. The van der Waals surface area contributed by atoms with Crippen molar-refractivity contribution in [1.82, 2.24) is 0 Å². The van der Waals surface area contributed by atoms with Crippen LogP contribution in [0.25, 0.3) is 0 Å². The monoisotopic (exact) mass is 303 g/mol. The molecule has 4 heteroatoms. The maximum Gasteiger partial charge on any atom is 0.310 e. The first-order chi connectivity index (χ1) is 9.97. The molecule has 0 aromatic heterocycles. The SMILES string of the molecule is Cc1ccc(NCc2ccc(C(C)C(=O)O)cc2)c(Cl)c1. The van der Waals surface area contributed by atoms with Crippen molar-refractivity contribution in [1.29, 1.82) is 0 Å². The third kappa shape index (κ3) is 3.99. The highest BCUT2D eigenvalue weighted by Gasteiger charge is 2.12. The van der Waals surface area contributed by atoms with E-state index in [4.69, 9.17) is 16.7 Å². The molecule has 1 atom stereocenters. The zero-order chi connectivity index (χ0) is 15.4. The molecule has 0 fully saturated rings. The van der Waals surface area contributed by atoms with Crippen LogP contribution in [0.5, 0.6) is 0 Å². The zero-order valence-electron chi connectivity index (χ0n) is 12.1. The van der Waals surface area contributed by atoms with E-state index in [0.717, 1.165) is 22.4 Å². The van der Waals surface area contributed by atoms with Gasteiger partial charge in [0.05, 0.1) is 16.6 Å². The Kier molecular flexibility index (Phi) is 4.86. The molecule has 0 spiro atoms. The second-order valence-electron chi connectivity index (χ2n) is 5.14. The molecule has 0 radical (unpaired) electrons. The van der Waals surface area contributed by atoms with Gasteiger partial charge in [-0.05, 0) is 42.7 Å². The summed E-state index contributed by atoms with van der Waals surface area (Å²) in [6, 6.07) is 13.5. The van der Waals surface area contributed by atoms with E-state index in [1.54, 1.807) is 6.92 Å². The summed E-state index contributed by atoms with van der Waals surface area (Å²) in [7, 11) is 0. The van der Waals surface area contributed by atoms with E-state index in [0.29, 0.717) is 11.6 Å². The maximum absolute atomic E-state index is 10.9. The summed E-state index contributed by atoms with van der Waals surface area (Å²) < 4.78 is 0. The van der Waals surface area contributed by atoms with Crippen molar-refractivity contribution in [3.05, 3.63) is 64.2 Å². The van der Waals surface area contributed by atoms with Crippen LogP contribution in [0.1, 0.15) is 29.5 Å². The number of carboxylic acids is 1. The van der Waals surface area contributed by atoms with Crippen LogP contribution in [0.15, 0.2) is 42.5 Å². The van der Waals surface area contributed by atoms with E-state index >= 15 is 0 Å².